The van der Waals surface area contributed by atoms with Gasteiger partial charge in [-0.05, 0) is 35.5 Å². The maximum absolute atomic E-state index is 14.0. The third-order valence-electron chi connectivity index (χ3n) is 9.08. The second kappa shape index (κ2) is 11.9. The number of amides is 3. The third kappa shape index (κ3) is 7.45. The van der Waals surface area contributed by atoms with E-state index in [1.54, 1.807) is 20.8 Å². The topological polar surface area (TPSA) is 169 Å². The van der Waals surface area contributed by atoms with E-state index in [1.165, 1.54) is 11.9 Å². The molecule has 2 saturated heterocycles. The molecule has 13 nitrogen and oxygen atoms in total. The lowest BCUT2D eigenvalue weighted by Gasteiger charge is -2.37. The van der Waals surface area contributed by atoms with Crippen molar-refractivity contribution in [3.63, 3.8) is 0 Å². The Hall–Kier alpha value is -3.21. The number of Topliss-reactive ketones (excluding diaryl/α,β-unsaturated/α-hetero) is 1. The first-order valence-corrected chi connectivity index (χ1v) is 16.5. The van der Waals surface area contributed by atoms with Crippen molar-refractivity contribution in [1.29, 1.82) is 0 Å². The van der Waals surface area contributed by atoms with Gasteiger partial charge in [0.2, 0.25) is 33.6 Å². The van der Waals surface area contributed by atoms with Gasteiger partial charge in [-0.1, -0.05) is 34.6 Å². The third-order valence-corrected chi connectivity index (χ3v) is 9.75. The number of piperidine rings is 1. The Morgan fingerprint density at radius 1 is 1.22 bits per heavy atom. The molecule has 3 N–H and O–H groups in total. The number of hydrogen-bond donors (Lipinski definition) is 3. The standard InChI is InChI=1S/C28H41F3N6O7S/c1-26(2,3)22(35-45(7,42)43)25(41)37-12-15-20(27(15,4)5)21(37)24(40)33-16(10-14-8-9-32-23(14)39)17(38)13-44-19-11-18(28(29,30)31)34-36(19)6/h11,14-16,20-22,35H,8-10,12-13H2,1-7H3,(H,32,39)(H,33,40)/t14-,15-,16-,20-,21-,22+/m0/s1. The number of alkyl halides is 3. The predicted molar refractivity (Wildman–Crippen MR) is 154 cm³/mol. The van der Waals surface area contributed by atoms with Crippen molar-refractivity contribution in [3.8, 4) is 5.88 Å². The summed E-state index contributed by atoms with van der Waals surface area (Å²) < 4.78 is 72.2. The molecule has 3 aliphatic rings. The highest BCUT2D eigenvalue weighted by Gasteiger charge is 2.70. The van der Waals surface area contributed by atoms with Crippen LogP contribution >= 0.6 is 0 Å². The Kier molecular flexibility index (Phi) is 9.14. The summed E-state index contributed by atoms with van der Waals surface area (Å²) in [6, 6.07) is -2.80. The van der Waals surface area contributed by atoms with Gasteiger partial charge in [-0.3, -0.25) is 19.2 Å². The van der Waals surface area contributed by atoms with Gasteiger partial charge < -0.3 is 20.3 Å². The van der Waals surface area contributed by atoms with Crippen molar-refractivity contribution >= 4 is 33.5 Å². The van der Waals surface area contributed by atoms with Crippen molar-refractivity contribution in [2.75, 3.05) is 26.0 Å². The van der Waals surface area contributed by atoms with Gasteiger partial charge in [0, 0.05) is 32.1 Å². The maximum atomic E-state index is 14.0. The number of ketones is 1. The van der Waals surface area contributed by atoms with E-state index < -0.39 is 75.6 Å². The number of aromatic nitrogens is 2. The van der Waals surface area contributed by atoms with E-state index in [9.17, 15) is 40.8 Å². The molecule has 6 atom stereocenters. The largest absolute Gasteiger partial charge is 0.470 e. The fourth-order valence-electron chi connectivity index (χ4n) is 6.44. The van der Waals surface area contributed by atoms with E-state index in [0.29, 0.717) is 19.0 Å². The Balaban J connectivity index is 1.57. The molecule has 252 valence electrons. The minimum absolute atomic E-state index is 0.0400. The maximum Gasteiger partial charge on any atom is 0.435 e. The van der Waals surface area contributed by atoms with Crippen LogP contribution in [0.5, 0.6) is 5.88 Å². The zero-order chi connectivity index (χ0) is 33.9. The lowest BCUT2D eigenvalue weighted by atomic mass is 9.86. The Morgan fingerprint density at radius 2 is 1.87 bits per heavy atom. The number of nitrogens with one attached hydrogen (secondary N) is 3. The molecule has 3 fully saturated rings. The minimum atomic E-state index is -4.72. The fourth-order valence-corrected chi connectivity index (χ4v) is 7.33. The van der Waals surface area contributed by atoms with Crippen LogP contribution in [0.4, 0.5) is 13.2 Å². The molecule has 0 spiro atoms. The summed E-state index contributed by atoms with van der Waals surface area (Å²) in [5.41, 5.74) is -2.34. The predicted octanol–water partition coefficient (Wildman–Crippen LogP) is 0.845. The lowest BCUT2D eigenvalue weighted by Crippen LogP contribution is -2.60. The van der Waals surface area contributed by atoms with Gasteiger partial charge in [-0.2, -0.15) is 18.3 Å². The number of hydrogen-bond acceptors (Lipinski definition) is 8. The first-order valence-electron chi connectivity index (χ1n) is 14.6. The molecule has 45 heavy (non-hydrogen) atoms. The Morgan fingerprint density at radius 3 is 2.38 bits per heavy atom. The molecule has 0 bridgehead atoms. The number of nitrogens with zero attached hydrogens (tertiary/aromatic N) is 3. The van der Waals surface area contributed by atoms with Gasteiger partial charge in [0.05, 0.1) is 12.3 Å². The van der Waals surface area contributed by atoms with Crippen LogP contribution in [-0.2, 0) is 42.4 Å². The summed E-state index contributed by atoms with van der Waals surface area (Å²) >= 11 is 0. The molecule has 0 aromatic carbocycles. The van der Waals surface area contributed by atoms with Gasteiger partial charge in [0.25, 0.3) is 0 Å². The fraction of sp³-hybridized carbons (Fsp3) is 0.750. The Bertz CT molecular complexity index is 1470. The molecular formula is C28H41F3N6O7S. The van der Waals surface area contributed by atoms with Crippen LogP contribution in [0.15, 0.2) is 6.07 Å². The number of carbonyl (C=O) groups is 4. The SMILES string of the molecule is Cn1nc(C(F)(F)F)cc1OCC(=O)[C@H](C[C@@H]1CCNC1=O)NC(=O)[C@@H]1[C@@H]2[C@H](CN1C(=O)[C@@H](NS(C)(=O)=O)C(C)(C)C)C2(C)C. The van der Waals surface area contributed by atoms with Crippen LogP contribution in [0, 0.1) is 28.6 Å². The number of likely N-dealkylation sites (tertiary alicyclic amines) is 1. The van der Waals surface area contributed by atoms with Gasteiger partial charge in [0.1, 0.15) is 12.1 Å². The van der Waals surface area contributed by atoms with Gasteiger partial charge in [-0.15, -0.1) is 0 Å². The number of rotatable bonds is 11. The second-order valence-corrected chi connectivity index (χ2v) is 15.7. The molecule has 3 amide bonds. The number of fused-ring (bicyclic) bond motifs is 1. The van der Waals surface area contributed by atoms with Crippen molar-refractivity contribution in [1.82, 2.24) is 30.0 Å². The molecule has 3 heterocycles. The smallest absolute Gasteiger partial charge is 0.435 e. The molecule has 4 rings (SSSR count). The number of ether oxygens (including phenoxy) is 1. The Labute approximate surface area is 260 Å². The molecule has 2 aliphatic heterocycles. The number of sulfonamides is 1. The van der Waals surface area contributed by atoms with Crippen LogP contribution in [0.25, 0.3) is 0 Å². The average Bonchev–Trinajstić information content (AvgIpc) is 3.38. The molecule has 0 unspecified atom stereocenters. The summed E-state index contributed by atoms with van der Waals surface area (Å²) in [7, 11) is -2.57. The second-order valence-electron chi connectivity index (χ2n) is 13.9. The van der Waals surface area contributed by atoms with E-state index in [0.717, 1.165) is 10.9 Å². The highest BCUT2D eigenvalue weighted by molar-refractivity contribution is 7.88. The summed E-state index contributed by atoms with van der Waals surface area (Å²) in [4.78, 5) is 55.0. The van der Waals surface area contributed by atoms with Crippen molar-refractivity contribution in [2.45, 2.75) is 71.8 Å². The first kappa shape index (κ1) is 34.7. The molecular weight excluding hydrogens is 621 g/mol. The minimum Gasteiger partial charge on any atom is -0.470 e. The normalized spacial score (nSPS) is 25.7. The van der Waals surface area contributed by atoms with Crippen LogP contribution in [0.1, 0.15) is 53.2 Å². The number of carbonyl (C=O) groups excluding carboxylic acids is 4. The van der Waals surface area contributed by atoms with Gasteiger partial charge in [0.15, 0.2) is 18.1 Å². The highest BCUT2D eigenvalue weighted by atomic mass is 32.2. The molecule has 1 aliphatic carbocycles. The van der Waals surface area contributed by atoms with E-state index in [1.807, 2.05) is 13.8 Å². The van der Waals surface area contributed by atoms with Gasteiger partial charge >= 0.3 is 6.18 Å². The van der Waals surface area contributed by atoms with E-state index in [2.05, 4.69) is 20.5 Å². The first-order chi connectivity index (χ1) is 20.5. The highest BCUT2D eigenvalue weighted by Crippen LogP contribution is 2.65. The molecule has 1 saturated carbocycles. The van der Waals surface area contributed by atoms with Crippen LogP contribution < -0.4 is 20.1 Å². The van der Waals surface area contributed by atoms with E-state index in [-0.39, 0.29) is 42.0 Å². The van der Waals surface area contributed by atoms with Crippen LogP contribution in [0.3, 0.4) is 0 Å². The zero-order valence-corrected chi connectivity index (χ0v) is 27.1. The molecule has 1 aromatic heterocycles. The van der Waals surface area contributed by atoms with Gasteiger partial charge in [-0.25, -0.2) is 17.8 Å². The van der Waals surface area contributed by atoms with Crippen LogP contribution in [0.2, 0.25) is 0 Å². The molecule has 1 aromatic rings. The monoisotopic (exact) mass is 662 g/mol. The molecule has 17 heteroatoms. The molecule has 0 radical (unpaired) electrons. The van der Waals surface area contributed by atoms with Crippen molar-refractivity contribution < 1.29 is 45.5 Å². The van der Waals surface area contributed by atoms with Crippen molar-refractivity contribution in [3.05, 3.63) is 11.8 Å². The van der Waals surface area contributed by atoms with E-state index in [4.69, 9.17) is 4.74 Å². The summed E-state index contributed by atoms with van der Waals surface area (Å²) in [5, 5.41) is 8.74. The number of aryl methyl sites for hydroxylation is 1. The lowest BCUT2D eigenvalue weighted by molar-refractivity contribution is -0.144. The zero-order valence-electron chi connectivity index (χ0n) is 26.3. The number of halogens is 3. The average molecular weight is 663 g/mol. The summed E-state index contributed by atoms with van der Waals surface area (Å²) in [5.74, 6) is -3.44. The van der Waals surface area contributed by atoms with Crippen LogP contribution in [-0.4, -0.2) is 90.7 Å². The van der Waals surface area contributed by atoms with E-state index >= 15 is 0 Å². The quantitative estimate of drug-likeness (QED) is 0.313. The van der Waals surface area contributed by atoms with Crippen molar-refractivity contribution in [2.24, 2.45) is 35.6 Å². The summed E-state index contributed by atoms with van der Waals surface area (Å²) in [6.07, 6.45) is -3.46. The summed E-state index contributed by atoms with van der Waals surface area (Å²) in [6.45, 7) is 8.90.